The first-order chi connectivity index (χ1) is 5.29. The second-order valence-corrected chi connectivity index (χ2v) is 2.93. The lowest BCUT2D eigenvalue weighted by molar-refractivity contribution is 0.151. The topological polar surface area (TPSA) is 32.3 Å². The van der Waals surface area contributed by atoms with Gasteiger partial charge in [0.1, 0.15) is 6.23 Å². The van der Waals surface area contributed by atoms with Crippen LogP contribution >= 0.6 is 0 Å². The summed E-state index contributed by atoms with van der Waals surface area (Å²) in [6.07, 6.45) is -0.454. The van der Waals surface area contributed by atoms with Crippen molar-refractivity contribution in [1.82, 2.24) is 5.32 Å². The van der Waals surface area contributed by atoms with Gasteiger partial charge in [0.15, 0.2) is 0 Å². The summed E-state index contributed by atoms with van der Waals surface area (Å²) in [6.45, 7) is 2.86. The van der Waals surface area contributed by atoms with Crippen LogP contribution in [0.4, 0.5) is 0 Å². The lowest BCUT2D eigenvalue weighted by Gasteiger charge is -2.03. The molecule has 0 fully saturated rings. The minimum atomic E-state index is -0.454. The molecule has 1 aromatic carbocycles. The molecule has 1 aromatic rings. The van der Waals surface area contributed by atoms with Crippen molar-refractivity contribution in [3.8, 4) is 0 Å². The van der Waals surface area contributed by atoms with Crippen LogP contribution < -0.4 is 5.32 Å². The second-order valence-electron chi connectivity index (χ2n) is 2.93. The minimum absolute atomic E-state index is 0.454. The fraction of sp³-hybridized carbons (Fsp3) is 0.333. The predicted molar refractivity (Wildman–Crippen MR) is 43.0 cm³/mol. The maximum absolute atomic E-state index is 9.39. The summed E-state index contributed by atoms with van der Waals surface area (Å²) in [7, 11) is 0. The van der Waals surface area contributed by atoms with Gasteiger partial charge < -0.3 is 5.11 Å². The van der Waals surface area contributed by atoms with E-state index in [-0.39, 0.29) is 0 Å². The fourth-order valence-corrected chi connectivity index (χ4v) is 1.53. The Labute approximate surface area is 65.9 Å². The molecule has 1 heterocycles. The molecule has 0 amide bonds. The van der Waals surface area contributed by atoms with E-state index < -0.39 is 6.23 Å². The molecule has 0 spiro atoms. The molecule has 0 saturated heterocycles. The van der Waals surface area contributed by atoms with Gasteiger partial charge in [-0.2, -0.15) is 0 Å². The predicted octanol–water partition coefficient (Wildman–Crippen LogP) is 1.09. The molecule has 1 aliphatic heterocycles. The number of benzene rings is 1. The summed E-state index contributed by atoms with van der Waals surface area (Å²) >= 11 is 0. The van der Waals surface area contributed by atoms with Crippen molar-refractivity contribution in [1.29, 1.82) is 0 Å². The van der Waals surface area contributed by atoms with E-state index in [1.807, 2.05) is 12.1 Å². The van der Waals surface area contributed by atoms with Gasteiger partial charge in [-0.15, -0.1) is 0 Å². The average molecular weight is 149 g/mol. The number of hydrogen-bond donors (Lipinski definition) is 2. The quantitative estimate of drug-likeness (QED) is 0.578. The van der Waals surface area contributed by atoms with Crippen molar-refractivity contribution >= 4 is 0 Å². The number of fused-ring (bicyclic) bond motifs is 1. The fourth-order valence-electron chi connectivity index (χ4n) is 1.53. The number of nitrogens with one attached hydrogen (secondary N) is 1. The first kappa shape index (κ1) is 6.83. The molecule has 1 aliphatic rings. The largest absolute Gasteiger partial charge is 0.374 e. The molecule has 58 valence electrons. The molecule has 11 heavy (non-hydrogen) atoms. The van der Waals surface area contributed by atoms with Crippen LogP contribution in [0.2, 0.25) is 0 Å². The average Bonchev–Trinajstić information content (AvgIpc) is 2.35. The standard InChI is InChI=1S/C9H11NO/c1-6-3-2-4-7-8(6)5-10-9(7)11/h2-4,9-11H,5H2,1H3/t9-/m1/s1. The minimum Gasteiger partial charge on any atom is -0.374 e. The molecule has 1 atom stereocenters. The van der Waals surface area contributed by atoms with Gasteiger partial charge >= 0.3 is 0 Å². The third kappa shape index (κ3) is 0.951. The molecule has 0 aromatic heterocycles. The van der Waals surface area contributed by atoms with Crippen LogP contribution in [0.3, 0.4) is 0 Å². The third-order valence-corrected chi connectivity index (χ3v) is 2.21. The zero-order chi connectivity index (χ0) is 7.84. The third-order valence-electron chi connectivity index (χ3n) is 2.21. The van der Waals surface area contributed by atoms with Crippen molar-refractivity contribution in [2.75, 3.05) is 0 Å². The van der Waals surface area contributed by atoms with Crippen molar-refractivity contribution in [3.05, 3.63) is 34.9 Å². The second kappa shape index (κ2) is 2.32. The molecule has 0 radical (unpaired) electrons. The molecule has 2 rings (SSSR count). The Morgan fingerprint density at radius 2 is 2.36 bits per heavy atom. The Hall–Kier alpha value is -0.860. The number of aliphatic hydroxyl groups is 1. The maximum atomic E-state index is 9.39. The maximum Gasteiger partial charge on any atom is 0.131 e. The van der Waals surface area contributed by atoms with Crippen LogP contribution in [-0.2, 0) is 6.54 Å². The van der Waals surface area contributed by atoms with Crippen LogP contribution in [-0.4, -0.2) is 5.11 Å². The Balaban J connectivity index is 2.57. The Kier molecular flexibility index (Phi) is 1.44. The monoisotopic (exact) mass is 149 g/mol. The van der Waals surface area contributed by atoms with Gasteiger partial charge in [0, 0.05) is 6.54 Å². The van der Waals surface area contributed by atoms with Crippen LogP contribution in [0.25, 0.3) is 0 Å². The van der Waals surface area contributed by atoms with E-state index in [4.69, 9.17) is 0 Å². The van der Waals surface area contributed by atoms with Crippen LogP contribution in [0.1, 0.15) is 22.9 Å². The molecular formula is C9H11NO. The molecule has 2 nitrogen and oxygen atoms in total. The van der Waals surface area contributed by atoms with E-state index in [9.17, 15) is 5.11 Å². The highest BCUT2D eigenvalue weighted by Gasteiger charge is 2.19. The molecule has 0 saturated carbocycles. The summed E-state index contributed by atoms with van der Waals surface area (Å²) in [5.41, 5.74) is 3.54. The highest BCUT2D eigenvalue weighted by molar-refractivity contribution is 5.38. The van der Waals surface area contributed by atoms with Crippen LogP contribution in [0.5, 0.6) is 0 Å². The zero-order valence-corrected chi connectivity index (χ0v) is 6.46. The lowest BCUT2D eigenvalue weighted by Crippen LogP contribution is -2.09. The summed E-state index contributed by atoms with van der Waals surface area (Å²) in [5, 5.41) is 12.4. The summed E-state index contributed by atoms with van der Waals surface area (Å²) in [6, 6.07) is 6.01. The van der Waals surface area contributed by atoms with E-state index in [0.29, 0.717) is 0 Å². The van der Waals surface area contributed by atoms with Gasteiger partial charge in [-0.25, -0.2) is 0 Å². The van der Waals surface area contributed by atoms with Crippen molar-refractivity contribution in [2.24, 2.45) is 0 Å². The van der Waals surface area contributed by atoms with Crippen LogP contribution in [0, 0.1) is 6.92 Å². The molecule has 2 heteroatoms. The Bertz CT molecular complexity index is 283. The van der Waals surface area contributed by atoms with Crippen molar-refractivity contribution in [2.45, 2.75) is 19.7 Å². The Morgan fingerprint density at radius 3 is 3.09 bits per heavy atom. The highest BCUT2D eigenvalue weighted by atomic mass is 16.3. The number of aryl methyl sites for hydroxylation is 1. The molecule has 0 unspecified atom stereocenters. The van der Waals surface area contributed by atoms with Gasteiger partial charge in [-0.3, -0.25) is 5.32 Å². The number of aliphatic hydroxyl groups excluding tert-OH is 1. The molecular weight excluding hydrogens is 138 g/mol. The first-order valence-corrected chi connectivity index (χ1v) is 3.79. The Morgan fingerprint density at radius 1 is 1.55 bits per heavy atom. The van der Waals surface area contributed by atoms with Gasteiger partial charge in [-0.1, -0.05) is 18.2 Å². The first-order valence-electron chi connectivity index (χ1n) is 3.79. The van der Waals surface area contributed by atoms with Crippen molar-refractivity contribution < 1.29 is 5.11 Å². The smallest absolute Gasteiger partial charge is 0.131 e. The highest BCUT2D eigenvalue weighted by Crippen LogP contribution is 2.25. The van der Waals surface area contributed by atoms with Crippen LogP contribution in [0.15, 0.2) is 18.2 Å². The number of rotatable bonds is 0. The molecule has 2 N–H and O–H groups in total. The van der Waals surface area contributed by atoms with Gasteiger partial charge in [0.2, 0.25) is 0 Å². The van der Waals surface area contributed by atoms with E-state index in [0.717, 1.165) is 12.1 Å². The summed E-state index contributed by atoms with van der Waals surface area (Å²) in [4.78, 5) is 0. The lowest BCUT2D eigenvalue weighted by atomic mass is 10.0. The zero-order valence-electron chi connectivity index (χ0n) is 6.46. The van der Waals surface area contributed by atoms with Gasteiger partial charge in [-0.05, 0) is 23.6 Å². The van der Waals surface area contributed by atoms with E-state index >= 15 is 0 Å². The molecule has 0 bridgehead atoms. The summed E-state index contributed by atoms with van der Waals surface area (Å²) < 4.78 is 0. The number of hydrogen-bond acceptors (Lipinski definition) is 2. The van der Waals surface area contributed by atoms with Crippen molar-refractivity contribution in [3.63, 3.8) is 0 Å². The normalized spacial score (nSPS) is 21.8. The SMILES string of the molecule is Cc1cccc2c1CN[C@@H]2O. The van der Waals surface area contributed by atoms with Gasteiger partial charge in [0.05, 0.1) is 0 Å². The van der Waals surface area contributed by atoms with E-state index in [1.165, 1.54) is 11.1 Å². The summed E-state index contributed by atoms with van der Waals surface area (Å²) in [5.74, 6) is 0. The van der Waals surface area contributed by atoms with E-state index in [2.05, 4.69) is 18.3 Å². The van der Waals surface area contributed by atoms with Gasteiger partial charge in [0.25, 0.3) is 0 Å². The molecule has 0 aliphatic carbocycles. The van der Waals surface area contributed by atoms with E-state index in [1.54, 1.807) is 0 Å².